The zero-order valence-corrected chi connectivity index (χ0v) is 17.7. The lowest BCUT2D eigenvalue weighted by Crippen LogP contribution is -2.46. The number of benzene rings is 2. The SMILES string of the molecule is COc1ccc(-c2nc(CN3CCN(c4cnc5ccccc5n4)CC3)cs2)cc1. The van der Waals surface area contributed by atoms with Crippen molar-refractivity contribution in [3.8, 4) is 16.3 Å². The molecule has 0 amide bonds. The number of methoxy groups -OCH3 is 1. The fraction of sp³-hybridized carbons (Fsp3) is 0.261. The Hall–Kier alpha value is -3.03. The summed E-state index contributed by atoms with van der Waals surface area (Å²) in [6, 6.07) is 16.1. The van der Waals surface area contributed by atoms with Crippen LogP contribution in [0.2, 0.25) is 0 Å². The van der Waals surface area contributed by atoms with Crippen LogP contribution in [0.25, 0.3) is 21.6 Å². The predicted octanol–water partition coefficient (Wildman–Crippen LogP) is 4.08. The van der Waals surface area contributed by atoms with Gasteiger partial charge in [-0.05, 0) is 36.4 Å². The Morgan fingerprint density at radius 3 is 2.47 bits per heavy atom. The van der Waals surface area contributed by atoms with Crippen LogP contribution < -0.4 is 9.64 Å². The Morgan fingerprint density at radius 2 is 1.70 bits per heavy atom. The van der Waals surface area contributed by atoms with Crippen LogP contribution in [0.4, 0.5) is 5.82 Å². The zero-order chi connectivity index (χ0) is 20.3. The molecule has 7 heteroatoms. The fourth-order valence-corrected chi connectivity index (χ4v) is 4.53. The fourth-order valence-electron chi connectivity index (χ4n) is 3.71. The summed E-state index contributed by atoms with van der Waals surface area (Å²) in [7, 11) is 1.68. The molecule has 30 heavy (non-hydrogen) atoms. The Bertz CT molecular complexity index is 1140. The van der Waals surface area contributed by atoms with E-state index < -0.39 is 0 Å². The van der Waals surface area contributed by atoms with Gasteiger partial charge in [-0.3, -0.25) is 9.88 Å². The number of aromatic nitrogens is 3. The summed E-state index contributed by atoms with van der Waals surface area (Å²) in [5.41, 5.74) is 4.15. The highest BCUT2D eigenvalue weighted by molar-refractivity contribution is 7.13. The molecule has 2 aromatic heterocycles. The van der Waals surface area contributed by atoms with Crippen LogP contribution in [0.1, 0.15) is 5.69 Å². The second-order valence-corrected chi connectivity index (χ2v) is 8.21. The van der Waals surface area contributed by atoms with Gasteiger partial charge < -0.3 is 9.64 Å². The molecule has 2 aromatic carbocycles. The third-order valence-electron chi connectivity index (χ3n) is 5.41. The van der Waals surface area contributed by atoms with E-state index in [-0.39, 0.29) is 0 Å². The van der Waals surface area contributed by atoms with E-state index in [1.807, 2.05) is 42.6 Å². The van der Waals surface area contributed by atoms with Crippen molar-refractivity contribution < 1.29 is 4.74 Å². The molecule has 5 rings (SSSR count). The molecule has 0 spiro atoms. The van der Waals surface area contributed by atoms with Gasteiger partial charge in [-0.2, -0.15) is 0 Å². The number of hydrogen-bond acceptors (Lipinski definition) is 7. The van der Waals surface area contributed by atoms with Crippen LogP contribution >= 0.6 is 11.3 Å². The number of hydrogen-bond donors (Lipinski definition) is 0. The van der Waals surface area contributed by atoms with E-state index in [1.165, 1.54) is 0 Å². The summed E-state index contributed by atoms with van der Waals surface area (Å²) in [4.78, 5) is 19.0. The molecule has 0 atom stereocenters. The maximum absolute atomic E-state index is 5.24. The molecule has 1 aliphatic rings. The van der Waals surface area contributed by atoms with Crippen LogP contribution in [-0.4, -0.2) is 53.1 Å². The van der Waals surface area contributed by atoms with E-state index in [4.69, 9.17) is 14.7 Å². The van der Waals surface area contributed by atoms with Crippen molar-refractivity contribution in [3.05, 3.63) is 65.8 Å². The first-order valence-corrected chi connectivity index (χ1v) is 10.9. The first kappa shape index (κ1) is 19.0. The zero-order valence-electron chi connectivity index (χ0n) is 16.9. The highest BCUT2D eigenvalue weighted by Gasteiger charge is 2.19. The van der Waals surface area contributed by atoms with E-state index in [0.717, 1.165) is 71.6 Å². The van der Waals surface area contributed by atoms with Crippen molar-refractivity contribution in [1.29, 1.82) is 0 Å². The maximum atomic E-state index is 5.24. The van der Waals surface area contributed by atoms with Gasteiger partial charge in [0.1, 0.15) is 16.6 Å². The van der Waals surface area contributed by atoms with Crippen LogP contribution in [0.3, 0.4) is 0 Å². The van der Waals surface area contributed by atoms with Crippen molar-refractivity contribution in [2.45, 2.75) is 6.54 Å². The minimum Gasteiger partial charge on any atom is -0.497 e. The number of nitrogens with zero attached hydrogens (tertiary/aromatic N) is 5. The minimum atomic E-state index is 0.865. The van der Waals surface area contributed by atoms with E-state index in [2.05, 4.69) is 32.3 Å². The molecule has 1 saturated heterocycles. The van der Waals surface area contributed by atoms with Crippen LogP contribution in [-0.2, 0) is 6.54 Å². The van der Waals surface area contributed by atoms with Gasteiger partial charge in [0, 0.05) is 43.7 Å². The van der Waals surface area contributed by atoms with Gasteiger partial charge >= 0.3 is 0 Å². The maximum Gasteiger partial charge on any atom is 0.147 e. The molecule has 6 nitrogen and oxygen atoms in total. The number of ether oxygens (including phenoxy) is 1. The number of para-hydroxylation sites is 2. The first-order chi connectivity index (χ1) is 14.8. The predicted molar refractivity (Wildman–Crippen MR) is 121 cm³/mol. The van der Waals surface area contributed by atoms with Gasteiger partial charge in [0.05, 0.1) is 30.0 Å². The highest BCUT2D eigenvalue weighted by atomic mass is 32.1. The molecule has 3 heterocycles. The molecule has 0 unspecified atom stereocenters. The van der Waals surface area contributed by atoms with Crippen molar-refractivity contribution in [2.75, 3.05) is 38.2 Å². The number of anilines is 1. The van der Waals surface area contributed by atoms with E-state index in [9.17, 15) is 0 Å². The molecular formula is C23H23N5OS. The minimum absolute atomic E-state index is 0.865. The highest BCUT2D eigenvalue weighted by Crippen LogP contribution is 2.26. The first-order valence-electron chi connectivity index (χ1n) is 10.1. The van der Waals surface area contributed by atoms with Gasteiger partial charge in [-0.25, -0.2) is 9.97 Å². The Balaban J connectivity index is 1.20. The Labute approximate surface area is 179 Å². The number of thiazole rings is 1. The molecule has 0 N–H and O–H groups in total. The Morgan fingerprint density at radius 1 is 0.933 bits per heavy atom. The smallest absolute Gasteiger partial charge is 0.147 e. The number of fused-ring (bicyclic) bond motifs is 1. The lowest BCUT2D eigenvalue weighted by molar-refractivity contribution is 0.247. The van der Waals surface area contributed by atoms with Gasteiger partial charge in [0.2, 0.25) is 0 Å². The average molecular weight is 418 g/mol. The quantitative estimate of drug-likeness (QED) is 0.488. The molecule has 0 saturated carbocycles. The van der Waals surface area contributed by atoms with Gasteiger partial charge in [0.25, 0.3) is 0 Å². The second kappa shape index (κ2) is 8.38. The van der Waals surface area contributed by atoms with E-state index >= 15 is 0 Å². The Kier molecular flexibility index (Phi) is 5.29. The summed E-state index contributed by atoms with van der Waals surface area (Å²) in [6.45, 7) is 4.75. The van der Waals surface area contributed by atoms with Crippen LogP contribution in [0.15, 0.2) is 60.1 Å². The average Bonchev–Trinajstić information content (AvgIpc) is 3.28. The van der Waals surface area contributed by atoms with Gasteiger partial charge in [0.15, 0.2) is 0 Å². The monoisotopic (exact) mass is 417 g/mol. The molecule has 1 aliphatic heterocycles. The lowest BCUT2D eigenvalue weighted by Gasteiger charge is -2.34. The molecule has 4 aromatic rings. The van der Waals surface area contributed by atoms with Crippen molar-refractivity contribution >= 4 is 28.2 Å². The lowest BCUT2D eigenvalue weighted by atomic mass is 10.2. The standard InChI is InChI=1S/C23H23N5OS/c1-29-19-8-6-17(7-9-19)23-25-18(16-30-23)15-27-10-12-28(13-11-27)22-14-24-20-4-2-3-5-21(20)26-22/h2-9,14,16H,10-13,15H2,1H3. The van der Waals surface area contributed by atoms with Crippen LogP contribution in [0.5, 0.6) is 5.75 Å². The second-order valence-electron chi connectivity index (χ2n) is 7.35. The summed E-state index contributed by atoms with van der Waals surface area (Å²) >= 11 is 1.70. The normalized spacial score (nSPS) is 14.9. The molecule has 152 valence electrons. The number of piperazine rings is 1. The van der Waals surface area contributed by atoms with Gasteiger partial charge in [-0.15, -0.1) is 11.3 Å². The summed E-state index contributed by atoms with van der Waals surface area (Å²) in [6.07, 6.45) is 1.89. The van der Waals surface area contributed by atoms with Crippen molar-refractivity contribution in [1.82, 2.24) is 19.9 Å². The molecule has 0 radical (unpaired) electrons. The van der Waals surface area contributed by atoms with E-state index in [0.29, 0.717) is 0 Å². The van der Waals surface area contributed by atoms with Crippen LogP contribution in [0, 0.1) is 0 Å². The molecule has 0 bridgehead atoms. The summed E-state index contributed by atoms with van der Waals surface area (Å²) in [5, 5.41) is 3.22. The van der Waals surface area contributed by atoms with E-state index in [1.54, 1.807) is 18.4 Å². The molecular weight excluding hydrogens is 394 g/mol. The summed E-state index contributed by atoms with van der Waals surface area (Å²) < 4.78 is 5.24. The van der Waals surface area contributed by atoms with Gasteiger partial charge in [-0.1, -0.05) is 12.1 Å². The summed E-state index contributed by atoms with van der Waals surface area (Å²) in [5.74, 6) is 1.83. The number of rotatable bonds is 5. The van der Waals surface area contributed by atoms with Crippen molar-refractivity contribution in [2.24, 2.45) is 0 Å². The van der Waals surface area contributed by atoms with Crippen molar-refractivity contribution in [3.63, 3.8) is 0 Å². The largest absolute Gasteiger partial charge is 0.497 e. The third kappa shape index (κ3) is 3.99. The topological polar surface area (TPSA) is 54.4 Å². The molecule has 0 aliphatic carbocycles. The third-order valence-corrected chi connectivity index (χ3v) is 6.35. The molecule has 1 fully saturated rings.